The van der Waals surface area contributed by atoms with E-state index in [1.807, 2.05) is 0 Å². The van der Waals surface area contributed by atoms with Gasteiger partial charge in [0.05, 0.1) is 0 Å². The average Bonchev–Trinajstić information content (AvgIpc) is 2.31. The predicted molar refractivity (Wildman–Crippen MR) is 74.5 cm³/mol. The molecular formula is C11H23KSi3. The summed E-state index contributed by atoms with van der Waals surface area (Å²) in [6.45, 7) is 15.4. The molecular weight excluding hydrogens is 255 g/mol. The third-order valence-electron chi connectivity index (χ3n) is 2.70. The Bertz CT molecular complexity index is 232. The molecule has 80 valence electrons. The second-order valence-electron chi connectivity index (χ2n) is 6.21. The van der Waals surface area contributed by atoms with Crippen molar-refractivity contribution < 1.29 is 51.4 Å². The maximum atomic E-state index is 2.57. The summed E-state index contributed by atoms with van der Waals surface area (Å²) in [5, 5.41) is 0. The first-order valence-electron chi connectivity index (χ1n) is 5.46. The van der Waals surface area contributed by atoms with E-state index in [1.165, 1.54) is 0 Å². The molecule has 0 unspecified atom stereocenters. The first kappa shape index (κ1) is 16.8. The van der Waals surface area contributed by atoms with E-state index in [4.69, 9.17) is 0 Å². The minimum atomic E-state index is -0.926. The monoisotopic (exact) mass is 278 g/mol. The molecule has 4 heteroatoms. The molecule has 0 saturated carbocycles. The van der Waals surface area contributed by atoms with Crippen LogP contribution in [0.5, 0.6) is 0 Å². The van der Waals surface area contributed by atoms with E-state index >= 15 is 0 Å². The molecule has 0 amide bonds. The van der Waals surface area contributed by atoms with E-state index in [0.717, 1.165) is 5.54 Å². The van der Waals surface area contributed by atoms with Crippen molar-refractivity contribution in [2.24, 2.45) is 0 Å². The summed E-state index contributed by atoms with van der Waals surface area (Å²) in [5.41, 5.74) is 0.846. The Labute approximate surface area is 141 Å². The van der Waals surface area contributed by atoms with E-state index in [9.17, 15) is 0 Å². The molecule has 0 atom stereocenters. The summed E-state index contributed by atoms with van der Waals surface area (Å²) in [7, 11) is -2.00. The van der Waals surface area contributed by atoms with Gasteiger partial charge in [-0.05, 0) is 0 Å². The van der Waals surface area contributed by atoms with Crippen LogP contribution in [0, 0.1) is 0 Å². The maximum Gasteiger partial charge on any atom is 1.00 e. The molecule has 1 rings (SSSR count). The van der Waals surface area contributed by atoms with Crippen molar-refractivity contribution in [3.05, 3.63) is 24.3 Å². The fourth-order valence-electron chi connectivity index (χ4n) is 2.75. The molecule has 0 N–H and O–H groups in total. The van der Waals surface area contributed by atoms with Crippen LogP contribution in [-0.2, 0) is 0 Å². The third kappa shape index (κ3) is 4.87. The van der Waals surface area contributed by atoms with E-state index in [2.05, 4.69) is 63.6 Å². The Balaban J connectivity index is 0.00000196. The summed E-state index contributed by atoms with van der Waals surface area (Å²) in [6.07, 6.45) is 9.39. The van der Waals surface area contributed by atoms with Crippen molar-refractivity contribution in [1.29, 1.82) is 0 Å². The van der Waals surface area contributed by atoms with Crippen LogP contribution in [-0.4, -0.2) is 23.0 Å². The van der Waals surface area contributed by atoms with Gasteiger partial charge in [-0.3, -0.25) is 0 Å². The van der Waals surface area contributed by atoms with E-state index < -0.39 is 15.2 Å². The summed E-state index contributed by atoms with van der Waals surface area (Å²) in [4.78, 5) is 0. The van der Waals surface area contributed by atoms with Gasteiger partial charge in [0.2, 0.25) is 0 Å². The molecule has 1 aliphatic rings. The van der Waals surface area contributed by atoms with Crippen LogP contribution in [0.1, 0.15) is 0 Å². The summed E-state index contributed by atoms with van der Waals surface area (Å²) in [6, 6.07) is 0. The van der Waals surface area contributed by atoms with Gasteiger partial charge in [0, 0.05) is 0 Å². The minimum absolute atomic E-state index is 0. The standard InChI is InChI=1S/C11H23Si3.K/c1-13(2,3)12(14(4,5)6)11-9-7-8-10-11;/h7-11H,1-6H3;/q-1;+1. The SMILES string of the molecule is C[Si](C)(C)[Si-](C1C=CC=C1)[Si](C)(C)C.[K+]. The third-order valence-corrected chi connectivity index (χ3v) is 32.2. The number of hydrogen-bond donors (Lipinski definition) is 0. The molecule has 0 spiro atoms. The van der Waals surface area contributed by atoms with E-state index in [0.29, 0.717) is 0 Å². The van der Waals surface area contributed by atoms with Gasteiger partial charge < -0.3 is 0 Å². The molecule has 0 nitrogen and oxygen atoms in total. The molecule has 0 saturated heterocycles. The topological polar surface area (TPSA) is 0 Å². The fraction of sp³-hybridized carbons (Fsp3) is 0.636. The van der Waals surface area contributed by atoms with Gasteiger partial charge in [0.15, 0.2) is 0 Å². The Hall–Kier alpha value is 1.77. The molecule has 0 bridgehead atoms. The van der Waals surface area contributed by atoms with Gasteiger partial charge in [-0.1, -0.05) is 51.4 Å². The molecule has 15 heavy (non-hydrogen) atoms. The average molecular weight is 279 g/mol. The van der Waals surface area contributed by atoms with Gasteiger partial charge in [0.25, 0.3) is 0 Å². The molecule has 1 aliphatic carbocycles. The summed E-state index contributed by atoms with van der Waals surface area (Å²) >= 11 is 0. The van der Waals surface area contributed by atoms with Gasteiger partial charge in [-0.15, -0.1) is 32.9 Å². The Morgan fingerprint density at radius 1 is 0.800 bits per heavy atom. The van der Waals surface area contributed by atoms with Crippen LogP contribution in [0.15, 0.2) is 24.3 Å². The first-order chi connectivity index (χ1) is 6.23. The van der Waals surface area contributed by atoms with Gasteiger partial charge >= 0.3 is 51.4 Å². The van der Waals surface area contributed by atoms with Crippen molar-refractivity contribution in [2.75, 3.05) is 0 Å². The molecule has 0 fully saturated rings. The zero-order valence-corrected chi connectivity index (χ0v) is 17.5. The van der Waals surface area contributed by atoms with Gasteiger partial charge in [-0.2, -0.15) is 0 Å². The fourth-order valence-corrected chi connectivity index (χ4v) is 41.8. The van der Waals surface area contributed by atoms with Crippen molar-refractivity contribution in [3.63, 3.8) is 0 Å². The van der Waals surface area contributed by atoms with Crippen LogP contribution in [0.4, 0.5) is 0 Å². The van der Waals surface area contributed by atoms with Gasteiger partial charge in [-0.25, -0.2) is 7.83 Å². The van der Waals surface area contributed by atoms with Crippen molar-refractivity contribution in [1.82, 2.24) is 0 Å². The Morgan fingerprint density at radius 2 is 1.13 bits per heavy atom. The molecule has 0 aromatic heterocycles. The number of rotatable bonds is 3. The molecule has 0 radical (unpaired) electrons. The number of hydrogen-bond acceptors (Lipinski definition) is 0. The van der Waals surface area contributed by atoms with E-state index in [-0.39, 0.29) is 59.2 Å². The summed E-state index contributed by atoms with van der Waals surface area (Å²) in [5.74, 6) is 0. The second-order valence-corrected chi connectivity index (χ2v) is 30.4. The van der Waals surface area contributed by atoms with E-state index in [1.54, 1.807) is 0 Å². The molecule has 0 aromatic carbocycles. The van der Waals surface area contributed by atoms with Gasteiger partial charge in [0.1, 0.15) is 0 Å². The normalized spacial score (nSPS) is 17.3. The second kappa shape index (κ2) is 6.09. The zero-order chi connectivity index (χ0) is 11.0. The number of allylic oxidation sites excluding steroid dienone is 4. The van der Waals surface area contributed by atoms with Crippen LogP contribution in [0.25, 0.3) is 0 Å². The predicted octanol–water partition coefficient (Wildman–Crippen LogP) is 0.815. The zero-order valence-electron chi connectivity index (χ0n) is 11.4. The minimum Gasteiger partial charge on any atom is -0.241 e. The van der Waals surface area contributed by atoms with Crippen LogP contribution >= 0.6 is 0 Å². The summed E-state index contributed by atoms with van der Waals surface area (Å²) < 4.78 is 0. The largest absolute Gasteiger partial charge is 1.00 e. The molecule has 0 aromatic rings. The van der Waals surface area contributed by atoms with Crippen LogP contribution in [0.3, 0.4) is 0 Å². The quantitative estimate of drug-likeness (QED) is 0.671. The molecule has 0 heterocycles. The van der Waals surface area contributed by atoms with Crippen molar-refractivity contribution in [2.45, 2.75) is 44.8 Å². The van der Waals surface area contributed by atoms with Crippen molar-refractivity contribution >= 4 is 23.0 Å². The Kier molecular flexibility index (Phi) is 6.80. The smallest absolute Gasteiger partial charge is 0.241 e. The van der Waals surface area contributed by atoms with Crippen molar-refractivity contribution in [3.8, 4) is 0 Å². The maximum absolute atomic E-state index is 2.57. The van der Waals surface area contributed by atoms with Crippen LogP contribution in [0.2, 0.25) is 44.8 Å². The molecule has 0 aliphatic heterocycles. The van der Waals surface area contributed by atoms with Crippen LogP contribution < -0.4 is 51.4 Å². The Morgan fingerprint density at radius 3 is 1.40 bits per heavy atom. The first-order valence-corrected chi connectivity index (χ1v) is 16.0.